The van der Waals surface area contributed by atoms with E-state index in [0.29, 0.717) is 0 Å². The lowest BCUT2D eigenvalue weighted by atomic mass is 10.2. The van der Waals surface area contributed by atoms with Crippen LogP contribution in [0, 0.1) is 17.0 Å². The second-order valence-electron chi connectivity index (χ2n) is 4.28. The van der Waals surface area contributed by atoms with Crippen molar-refractivity contribution in [3.63, 3.8) is 0 Å². The van der Waals surface area contributed by atoms with E-state index in [-0.39, 0.29) is 5.69 Å². The molecule has 0 unspecified atom stereocenters. The smallest absolute Gasteiger partial charge is 0.258 e. The summed E-state index contributed by atoms with van der Waals surface area (Å²) in [6, 6.07) is 14.5. The molecule has 2 aromatic rings. The average molecular weight is 266 g/mol. The molecule has 4 heteroatoms. The highest BCUT2D eigenvalue weighted by Gasteiger charge is 2.06. The number of nitro benzene ring substituents is 1. The Morgan fingerprint density at radius 1 is 1.15 bits per heavy atom. The largest absolute Gasteiger partial charge is 0.269 e. The summed E-state index contributed by atoms with van der Waals surface area (Å²) < 4.78 is 0. The van der Waals surface area contributed by atoms with Crippen molar-refractivity contribution in [1.29, 1.82) is 0 Å². The molecule has 0 spiro atoms. The Kier molecular flexibility index (Phi) is 4.39. The maximum atomic E-state index is 10.6. The first kappa shape index (κ1) is 13.7. The predicted molar refractivity (Wildman–Crippen MR) is 81.5 cm³/mol. The third-order valence-corrected chi connectivity index (χ3v) is 2.78. The zero-order valence-corrected chi connectivity index (χ0v) is 11.1. The number of allylic oxidation sites excluding steroid dienone is 1. The van der Waals surface area contributed by atoms with Gasteiger partial charge in [-0.25, -0.2) is 0 Å². The number of non-ortho nitro benzene ring substituents is 1. The summed E-state index contributed by atoms with van der Waals surface area (Å²) in [7, 11) is 0. The number of benzene rings is 2. The number of rotatable bonds is 4. The summed E-state index contributed by atoms with van der Waals surface area (Å²) in [5, 5.41) is 10.6. The summed E-state index contributed by atoms with van der Waals surface area (Å²) in [4.78, 5) is 14.5. The van der Waals surface area contributed by atoms with E-state index in [2.05, 4.69) is 4.99 Å². The van der Waals surface area contributed by atoms with E-state index in [0.717, 1.165) is 16.8 Å². The van der Waals surface area contributed by atoms with Gasteiger partial charge in [-0.05, 0) is 30.2 Å². The minimum absolute atomic E-state index is 0.0845. The van der Waals surface area contributed by atoms with Crippen molar-refractivity contribution in [3.05, 3.63) is 75.8 Å². The van der Waals surface area contributed by atoms with Gasteiger partial charge >= 0.3 is 0 Å². The molecule has 4 nitrogen and oxygen atoms in total. The lowest BCUT2D eigenvalue weighted by Gasteiger charge is -1.98. The van der Waals surface area contributed by atoms with Gasteiger partial charge in [0.2, 0.25) is 0 Å². The fraction of sp³-hybridized carbons (Fsp3) is 0.0625. The summed E-state index contributed by atoms with van der Waals surface area (Å²) in [6.07, 6.45) is 5.47. The van der Waals surface area contributed by atoms with E-state index < -0.39 is 4.92 Å². The van der Waals surface area contributed by atoms with E-state index in [1.54, 1.807) is 19.2 Å². The van der Waals surface area contributed by atoms with Gasteiger partial charge in [-0.2, -0.15) is 0 Å². The number of aliphatic imine (C=N–C) groups is 1. The predicted octanol–water partition coefficient (Wildman–Crippen LogP) is 4.32. The number of nitrogens with zero attached hydrogens (tertiary/aromatic N) is 2. The zero-order chi connectivity index (χ0) is 14.4. The van der Waals surface area contributed by atoms with Gasteiger partial charge in [0.15, 0.2) is 0 Å². The van der Waals surface area contributed by atoms with E-state index >= 15 is 0 Å². The fourth-order valence-electron chi connectivity index (χ4n) is 1.74. The van der Waals surface area contributed by atoms with Crippen molar-refractivity contribution in [2.45, 2.75) is 6.92 Å². The molecule has 0 saturated heterocycles. The molecule has 0 aliphatic rings. The van der Waals surface area contributed by atoms with Crippen LogP contribution < -0.4 is 0 Å². The topological polar surface area (TPSA) is 55.5 Å². The quantitative estimate of drug-likeness (QED) is 0.470. The van der Waals surface area contributed by atoms with Gasteiger partial charge in [0.05, 0.1) is 10.6 Å². The SMILES string of the molecule is Cc1cc([N+](=O)[O-])ccc1N=C/C=C\c1ccccc1. The molecular formula is C16H14N2O2. The Morgan fingerprint density at radius 2 is 1.90 bits per heavy atom. The summed E-state index contributed by atoms with van der Waals surface area (Å²) in [6.45, 7) is 1.81. The van der Waals surface area contributed by atoms with Crippen LogP contribution in [0.5, 0.6) is 0 Å². The molecule has 0 radical (unpaired) electrons. The zero-order valence-electron chi connectivity index (χ0n) is 11.1. The maximum Gasteiger partial charge on any atom is 0.269 e. The Labute approximate surface area is 117 Å². The Bertz CT molecular complexity index is 661. The van der Waals surface area contributed by atoms with E-state index in [1.807, 2.05) is 42.5 Å². The van der Waals surface area contributed by atoms with Gasteiger partial charge in [-0.15, -0.1) is 0 Å². The molecule has 20 heavy (non-hydrogen) atoms. The number of aryl methyl sites for hydroxylation is 1. The van der Waals surface area contributed by atoms with Crippen LogP contribution in [-0.2, 0) is 0 Å². The van der Waals surface area contributed by atoms with Gasteiger partial charge in [-0.3, -0.25) is 15.1 Å². The molecular weight excluding hydrogens is 252 g/mol. The van der Waals surface area contributed by atoms with Crippen LogP contribution in [0.3, 0.4) is 0 Å². The number of hydrogen-bond acceptors (Lipinski definition) is 3. The molecule has 2 rings (SSSR count). The number of nitro groups is 1. The van der Waals surface area contributed by atoms with Crippen LogP contribution >= 0.6 is 0 Å². The molecule has 0 amide bonds. The molecule has 0 aliphatic carbocycles. The summed E-state index contributed by atoms with van der Waals surface area (Å²) in [5.74, 6) is 0. The van der Waals surface area contributed by atoms with Gasteiger partial charge in [-0.1, -0.05) is 36.4 Å². The van der Waals surface area contributed by atoms with Crippen molar-refractivity contribution < 1.29 is 4.92 Å². The molecule has 0 aromatic heterocycles. The lowest BCUT2D eigenvalue weighted by Crippen LogP contribution is -1.88. The molecule has 0 heterocycles. The van der Waals surface area contributed by atoms with Crippen LogP contribution in [0.4, 0.5) is 11.4 Å². The van der Waals surface area contributed by atoms with Gasteiger partial charge in [0.1, 0.15) is 0 Å². The van der Waals surface area contributed by atoms with Crippen LogP contribution in [0.2, 0.25) is 0 Å². The summed E-state index contributed by atoms with van der Waals surface area (Å²) >= 11 is 0. The molecule has 0 N–H and O–H groups in total. The third kappa shape index (κ3) is 3.62. The van der Waals surface area contributed by atoms with Crippen LogP contribution in [-0.4, -0.2) is 11.1 Å². The molecule has 0 atom stereocenters. The first-order valence-corrected chi connectivity index (χ1v) is 6.17. The minimum Gasteiger partial charge on any atom is -0.258 e. The second kappa shape index (κ2) is 6.43. The van der Waals surface area contributed by atoms with Crippen LogP contribution in [0.1, 0.15) is 11.1 Å². The van der Waals surface area contributed by atoms with Crippen molar-refractivity contribution in [1.82, 2.24) is 0 Å². The van der Waals surface area contributed by atoms with Crippen molar-refractivity contribution in [3.8, 4) is 0 Å². The monoisotopic (exact) mass is 266 g/mol. The molecule has 0 fully saturated rings. The van der Waals surface area contributed by atoms with Crippen molar-refractivity contribution in [2.24, 2.45) is 4.99 Å². The highest BCUT2D eigenvalue weighted by atomic mass is 16.6. The van der Waals surface area contributed by atoms with E-state index in [4.69, 9.17) is 0 Å². The van der Waals surface area contributed by atoms with Crippen LogP contribution in [0.25, 0.3) is 6.08 Å². The molecule has 0 saturated carbocycles. The second-order valence-corrected chi connectivity index (χ2v) is 4.28. The Morgan fingerprint density at radius 3 is 2.55 bits per heavy atom. The Hall–Kier alpha value is -2.75. The molecule has 0 bridgehead atoms. The highest BCUT2D eigenvalue weighted by molar-refractivity contribution is 5.80. The van der Waals surface area contributed by atoms with Crippen molar-refractivity contribution >= 4 is 23.7 Å². The fourth-order valence-corrected chi connectivity index (χ4v) is 1.74. The molecule has 100 valence electrons. The minimum atomic E-state index is -0.407. The maximum absolute atomic E-state index is 10.6. The van der Waals surface area contributed by atoms with E-state index in [9.17, 15) is 10.1 Å². The van der Waals surface area contributed by atoms with E-state index in [1.165, 1.54) is 12.1 Å². The standard InChI is InChI=1S/C16H14N2O2/c1-13-12-15(18(19)20)9-10-16(13)17-11-5-8-14-6-3-2-4-7-14/h2-12H,1H3/b8-5-,17-11?. The first-order chi connectivity index (χ1) is 9.66. The average Bonchev–Trinajstić information content (AvgIpc) is 2.46. The normalized spacial score (nSPS) is 11.2. The van der Waals surface area contributed by atoms with Gasteiger partial charge in [0.25, 0.3) is 5.69 Å². The third-order valence-electron chi connectivity index (χ3n) is 2.78. The summed E-state index contributed by atoms with van der Waals surface area (Å²) in [5.41, 5.74) is 2.69. The molecule has 0 aliphatic heterocycles. The highest BCUT2D eigenvalue weighted by Crippen LogP contribution is 2.23. The van der Waals surface area contributed by atoms with Crippen LogP contribution in [0.15, 0.2) is 59.6 Å². The number of hydrogen-bond donors (Lipinski definition) is 0. The first-order valence-electron chi connectivity index (χ1n) is 6.17. The molecule has 2 aromatic carbocycles. The Balaban J connectivity index is 2.08. The van der Waals surface area contributed by atoms with Gasteiger partial charge < -0.3 is 0 Å². The lowest BCUT2D eigenvalue weighted by molar-refractivity contribution is -0.384. The van der Waals surface area contributed by atoms with Crippen molar-refractivity contribution in [2.75, 3.05) is 0 Å². The van der Waals surface area contributed by atoms with Gasteiger partial charge in [0, 0.05) is 18.3 Å².